The van der Waals surface area contributed by atoms with E-state index in [9.17, 15) is 9.59 Å². The summed E-state index contributed by atoms with van der Waals surface area (Å²) in [7, 11) is 0. The topological polar surface area (TPSA) is 96.9 Å². The van der Waals surface area contributed by atoms with Gasteiger partial charge in [0.1, 0.15) is 11.7 Å². The van der Waals surface area contributed by atoms with Crippen LogP contribution in [0.15, 0.2) is 30.3 Å². The van der Waals surface area contributed by atoms with Crippen LogP contribution in [0.25, 0.3) is 0 Å². The first-order valence-corrected chi connectivity index (χ1v) is 8.86. The minimum Gasteiger partial charge on any atom is -0.446 e. The number of aliphatic hydroxyl groups excluding tert-OH is 1. The lowest BCUT2D eigenvalue weighted by Crippen LogP contribution is -2.33. The van der Waals surface area contributed by atoms with Crippen molar-refractivity contribution in [2.75, 3.05) is 13.2 Å². The molecule has 3 N–H and O–H groups in total. The summed E-state index contributed by atoms with van der Waals surface area (Å²) >= 11 is 0. The highest BCUT2D eigenvalue weighted by atomic mass is 16.6. The van der Waals surface area contributed by atoms with Gasteiger partial charge in [0.15, 0.2) is 0 Å². The fourth-order valence-electron chi connectivity index (χ4n) is 2.20. The lowest BCUT2D eigenvalue weighted by molar-refractivity contribution is 0.0513. The molecule has 0 unspecified atom stereocenters. The second-order valence-electron chi connectivity index (χ2n) is 6.95. The van der Waals surface area contributed by atoms with Gasteiger partial charge in [0, 0.05) is 26.1 Å². The number of amides is 2. The number of benzene rings is 1. The minimum atomic E-state index is -0.538. The molecule has 0 aromatic heterocycles. The van der Waals surface area contributed by atoms with Crippen molar-refractivity contribution in [3.63, 3.8) is 0 Å². The van der Waals surface area contributed by atoms with Crippen LogP contribution < -0.4 is 10.6 Å². The van der Waals surface area contributed by atoms with Gasteiger partial charge in [0.05, 0.1) is 0 Å². The van der Waals surface area contributed by atoms with Crippen molar-refractivity contribution in [3.05, 3.63) is 35.9 Å². The zero-order chi connectivity index (χ0) is 19.4. The van der Waals surface area contributed by atoms with E-state index in [1.807, 2.05) is 30.3 Å². The molecule has 0 spiro atoms. The maximum Gasteiger partial charge on any atom is 0.407 e. The Labute approximate surface area is 155 Å². The second kappa shape index (κ2) is 11.4. The largest absolute Gasteiger partial charge is 0.446 e. The smallest absolute Gasteiger partial charge is 0.407 e. The number of aliphatic hydroxyl groups is 1. The zero-order valence-corrected chi connectivity index (χ0v) is 15.8. The Hall–Kier alpha value is -2.28. The summed E-state index contributed by atoms with van der Waals surface area (Å²) in [4.78, 5) is 23.5. The number of carbonyl (C=O) groups is 2. The Morgan fingerprint density at radius 3 is 2.38 bits per heavy atom. The van der Waals surface area contributed by atoms with Gasteiger partial charge in [-0.2, -0.15) is 0 Å². The van der Waals surface area contributed by atoms with Crippen LogP contribution in [0.1, 0.15) is 45.6 Å². The van der Waals surface area contributed by atoms with E-state index in [2.05, 4.69) is 10.6 Å². The number of hydrogen-bond acceptors (Lipinski definition) is 5. The predicted octanol–water partition coefficient (Wildman–Crippen LogP) is 2.97. The van der Waals surface area contributed by atoms with Gasteiger partial charge >= 0.3 is 12.2 Å². The van der Waals surface area contributed by atoms with Crippen LogP contribution in [-0.2, 0) is 16.0 Å². The summed E-state index contributed by atoms with van der Waals surface area (Å²) in [5.74, 6) is 0. The molecule has 1 rings (SSSR count). The molecule has 0 saturated heterocycles. The highest BCUT2D eigenvalue weighted by molar-refractivity contribution is 5.67. The maximum atomic E-state index is 11.9. The minimum absolute atomic E-state index is 0.0733. The third-order valence-electron chi connectivity index (χ3n) is 3.38. The standard InChI is InChI=1S/C19H30N2O5/c1-19(2,3)26-18(24)20-12-7-10-16(11-13-22)25-17(23)21-14-15-8-5-4-6-9-15/h4-6,8-9,16,22H,7,10-14H2,1-3H3,(H,20,24)(H,21,23)/t16-/m0/s1. The molecule has 2 amide bonds. The number of hydrogen-bond donors (Lipinski definition) is 3. The van der Waals surface area contributed by atoms with Crippen LogP contribution >= 0.6 is 0 Å². The van der Waals surface area contributed by atoms with Gasteiger partial charge in [0.2, 0.25) is 0 Å². The molecular weight excluding hydrogens is 336 g/mol. The average molecular weight is 366 g/mol. The Morgan fingerprint density at radius 2 is 1.77 bits per heavy atom. The van der Waals surface area contributed by atoms with E-state index < -0.39 is 23.9 Å². The highest BCUT2D eigenvalue weighted by Gasteiger charge is 2.17. The van der Waals surface area contributed by atoms with Gasteiger partial charge in [-0.1, -0.05) is 30.3 Å². The summed E-state index contributed by atoms with van der Waals surface area (Å²) in [6, 6.07) is 9.52. The summed E-state index contributed by atoms with van der Waals surface area (Å²) in [6.45, 7) is 6.11. The molecule has 0 aliphatic heterocycles. The van der Waals surface area contributed by atoms with Gasteiger partial charge in [0.25, 0.3) is 0 Å². The van der Waals surface area contributed by atoms with Crippen molar-refractivity contribution < 1.29 is 24.2 Å². The predicted molar refractivity (Wildman–Crippen MR) is 98.7 cm³/mol. The molecule has 1 atom stereocenters. The van der Waals surface area contributed by atoms with Crippen LogP contribution in [0.2, 0.25) is 0 Å². The van der Waals surface area contributed by atoms with E-state index in [4.69, 9.17) is 14.6 Å². The molecule has 1 aromatic carbocycles. The first-order chi connectivity index (χ1) is 12.3. The van der Waals surface area contributed by atoms with Crippen molar-refractivity contribution in [2.45, 2.75) is 58.3 Å². The Bertz CT molecular complexity index is 543. The molecule has 0 radical (unpaired) electrons. The molecule has 0 bridgehead atoms. The SMILES string of the molecule is CC(C)(C)OC(=O)NCCC[C@@H](CCO)OC(=O)NCc1ccccc1. The van der Waals surface area contributed by atoms with Crippen molar-refractivity contribution in [1.29, 1.82) is 0 Å². The third kappa shape index (κ3) is 10.6. The number of alkyl carbamates (subject to hydrolysis) is 2. The first-order valence-electron chi connectivity index (χ1n) is 8.86. The lowest BCUT2D eigenvalue weighted by Gasteiger charge is -2.20. The van der Waals surface area contributed by atoms with Gasteiger partial charge in [-0.25, -0.2) is 9.59 Å². The molecule has 0 heterocycles. The first kappa shape index (κ1) is 21.8. The van der Waals surface area contributed by atoms with Gasteiger partial charge in [-0.05, 0) is 39.2 Å². The van der Waals surface area contributed by atoms with Crippen LogP contribution in [0.3, 0.4) is 0 Å². The van der Waals surface area contributed by atoms with Crippen LogP contribution in [0.5, 0.6) is 0 Å². The van der Waals surface area contributed by atoms with Crippen LogP contribution in [0, 0.1) is 0 Å². The van der Waals surface area contributed by atoms with E-state index in [0.29, 0.717) is 32.4 Å². The van der Waals surface area contributed by atoms with E-state index in [-0.39, 0.29) is 6.61 Å². The van der Waals surface area contributed by atoms with Crippen LogP contribution in [0.4, 0.5) is 9.59 Å². The molecular formula is C19H30N2O5. The second-order valence-corrected chi connectivity index (χ2v) is 6.95. The molecule has 146 valence electrons. The quantitative estimate of drug-likeness (QED) is 0.584. The van der Waals surface area contributed by atoms with Crippen molar-refractivity contribution in [1.82, 2.24) is 10.6 Å². The van der Waals surface area contributed by atoms with Gasteiger partial charge < -0.3 is 25.2 Å². The average Bonchev–Trinajstić information content (AvgIpc) is 2.56. The monoisotopic (exact) mass is 366 g/mol. The summed E-state index contributed by atoms with van der Waals surface area (Å²) in [6.07, 6.45) is 0.0947. The fraction of sp³-hybridized carbons (Fsp3) is 0.579. The van der Waals surface area contributed by atoms with Gasteiger partial charge in [-0.3, -0.25) is 0 Å². The summed E-state index contributed by atoms with van der Waals surface area (Å²) < 4.78 is 10.5. The van der Waals surface area contributed by atoms with E-state index in [1.54, 1.807) is 20.8 Å². The molecule has 0 saturated carbocycles. The number of carbonyl (C=O) groups excluding carboxylic acids is 2. The molecule has 0 aliphatic rings. The van der Waals surface area contributed by atoms with E-state index in [0.717, 1.165) is 5.56 Å². The van der Waals surface area contributed by atoms with Crippen molar-refractivity contribution in [2.24, 2.45) is 0 Å². The number of rotatable bonds is 9. The molecule has 7 heteroatoms. The van der Waals surface area contributed by atoms with E-state index >= 15 is 0 Å². The molecule has 7 nitrogen and oxygen atoms in total. The highest BCUT2D eigenvalue weighted by Crippen LogP contribution is 2.09. The maximum absolute atomic E-state index is 11.9. The van der Waals surface area contributed by atoms with Crippen LogP contribution in [-0.4, -0.2) is 42.1 Å². The molecule has 26 heavy (non-hydrogen) atoms. The van der Waals surface area contributed by atoms with Crippen molar-refractivity contribution >= 4 is 12.2 Å². The van der Waals surface area contributed by atoms with Gasteiger partial charge in [-0.15, -0.1) is 0 Å². The lowest BCUT2D eigenvalue weighted by atomic mass is 10.1. The van der Waals surface area contributed by atoms with E-state index in [1.165, 1.54) is 0 Å². The normalized spacial score (nSPS) is 12.2. The molecule has 1 aromatic rings. The third-order valence-corrected chi connectivity index (χ3v) is 3.38. The Kier molecular flexibility index (Phi) is 9.51. The Morgan fingerprint density at radius 1 is 1.08 bits per heavy atom. The molecule has 0 fully saturated rings. The fourth-order valence-corrected chi connectivity index (χ4v) is 2.20. The number of ether oxygens (including phenoxy) is 2. The zero-order valence-electron chi connectivity index (χ0n) is 15.8. The summed E-state index contributed by atoms with van der Waals surface area (Å²) in [5.41, 5.74) is 0.438. The number of nitrogens with one attached hydrogen (secondary N) is 2. The summed E-state index contributed by atoms with van der Waals surface area (Å²) in [5, 5.41) is 14.5. The Balaban J connectivity index is 2.27. The van der Waals surface area contributed by atoms with Crippen molar-refractivity contribution in [3.8, 4) is 0 Å². The molecule has 0 aliphatic carbocycles.